The number of aryl methyl sites for hydroxylation is 2. The van der Waals surface area contributed by atoms with Gasteiger partial charge in [-0.1, -0.05) is 12.1 Å². The van der Waals surface area contributed by atoms with Crippen molar-refractivity contribution in [3.05, 3.63) is 65.4 Å². The summed E-state index contributed by atoms with van der Waals surface area (Å²) in [6, 6.07) is 12.6. The zero-order chi connectivity index (χ0) is 23.4. The summed E-state index contributed by atoms with van der Waals surface area (Å²) in [6.07, 6.45) is 3.32. The minimum atomic E-state index is -3.57. The van der Waals surface area contributed by atoms with Gasteiger partial charge in [-0.25, -0.2) is 13.1 Å². The van der Waals surface area contributed by atoms with Gasteiger partial charge in [0, 0.05) is 55.9 Å². The maximum atomic E-state index is 13.2. The van der Waals surface area contributed by atoms with E-state index < -0.39 is 15.6 Å². The third-order valence-corrected chi connectivity index (χ3v) is 8.18. The number of hydrogen-bond acceptors (Lipinski definition) is 5. The molecule has 0 saturated carbocycles. The molecule has 33 heavy (non-hydrogen) atoms. The molecular weight excluding hydrogens is 440 g/mol. The minimum absolute atomic E-state index is 0.107. The van der Waals surface area contributed by atoms with Crippen LogP contribution in [-0.4, -0.2) is 49.1 Å². The molecule has 1 amide bonds. The lowest BCUT2D eigenvalue weighted by atomic mass is 9.81. The van der Waals surface area contributed by atoms with Crippen molar-refractivity contribution in [3.63, 3.8) is 0 Å². The number of carbonyl (C=O) groups is 1. The van der Waals surface area contributed by atoms with Gasteiger partial charge in [-0.3, -0.25) is 9.48 Å². The number of sulfonamides is 1. The first-order valence-electron chi connectivity index (χ1n) is 10.9. The zero-order valence-corrected chi connectivity index (χ0v) is 19.6. The highest BCUT2D eigenvalue weighted by atomic mass is 32.2. The number of para-hydroxylation sites is 1. The summed E-state index contributed by atoms with van der Waals surface area (Å²) in [5, 5.41) is 4.69. The summed E-state index contributed by atoms with van der Waals surface area (Å²) < 4.78 is 35.0. The van der Waals surface area contributed by atoms with Gasteiger partial charge >= 0.3 is 0 Å². The molecule has 0 atom stereocenters. The monoisotopic (exact) mass is 466 g/mol. The second kappa shape index (κ2) is 7.71. The molecule has 172 valence electrons. The number of nitrogens with one attached hydrogen (secondary N) is 1. The predicted molar refractivity (Wildman–Crippen MR) is 124 cm³/mol. The summed E-state index contributed by atoms with van der Waals surface area (Å²) >= 11 is 0. The van der Waals surface area contributed by atoms with E-state index in [-0.39, 0.29) is 10.8 Å². The van der Waals surface area contributed by atoms with Crippen LogP contribution in [0, 0.1) is 6.92 Å². The van der Waals surface area contributed by atoms with Crippen molar-refractivity contribution in [2.45, 2.75) is 30.3 Å². The summed E-state index contributed by atoms with van der Waals surface area (Å²) in [4.78, 5) is 15.2. The highest BCUT2D eigenvalue weighted by Crippen LogP contribution is 2.48. The first kappa shape index (κ1) is 21.7. The van der Waals surface area contributed by atoms with Crippen molar-refractivity contribution >= 4 is 15.9 Å². The van der Waals surface area contributed by atoms with Crippen LogP contribution in [-0.2, 0) is 22.7 Å². The standard InChI is InChI=1S/C24H26N4O4S/c1-16-14-17(8-9-21(16)33(30,31)25-2)23(29)28-12-10-24(11-13-28)19-15-27(3)26-22(19)18-6-4-5-7-20(18)32-24/h4-9,14-15,25H,10-13H2,1-3H3. The van der Waals surface area contributed by atoms with Gasteiger partial charge in [0.15, 0.2) is 0 Å². The van der Waals surface area contributed by atoms with Gasteiger partial charge in [0.25, 0.3) is 5.91 Å². The predicted octanol–water partition coefficient (Wildman–Crippen LogP) is 2.83. The van der Waals surface area contributed by atoms with E-state index in [1.807, 2.05) is 47.1 Å². The molecule has 2 aromatic carbocycles. The second-order valence-corrected chi connectivity index (χ2v) is 10.5. The Morgan fingerprint density at radius 2 is 1.88 bits per heavy atom. The Hall–Kier alpha value is -3.17. The molecule has 2 aliphatic heterocycles. The molecule has 0 aliphatic carbocycles. The SMILES string of the molecule is CNS(=O)(=O)c1ccc(C(=O)N2CCC3(CC2)Oc2ccccc2-c2nn(C)cc23)cc1C. The van der Waals surface area contributed by atoms with Gasteiger partial charge in [0.1, 0.15) is 17.0 Å². The number of likely N-dealkylation sites (tertiary alicyclic amines) is 1. The first-order chi connectivity index (χ1) is 15.7. The lowest BCUT2D eigenvalue weighted by molar-refractivity contribution is -0.00167. The van der Waals surface area contributed by atoms with Crippen LogP contribution in [0.5, 0.6) is 5.75 Å². The van der Waals surface area contributed by atoms with E-state index in [9.17, 15) is 13.2 Å². The Labute approximate surface area is 193 Å². The fourth-order valence-corrected chi connectivity index (χ4v) is 5.81. The molecule has 0 unspecified atom stereocenters. The zero-order valence-electron chi connectivity index (χ0n) is 18.8. The highest BCUT2D eigenvalue weighted by molar-refractivity contribution is 7.89. The van der Waals surface area contributed by atoms with Crippen LogP contribution in [0.2, 0.25) is 0 Å². The van der Waals surface area contributed by atoms with Crippen molar-refractivity contribution in [3.8, 4) is 17.0 Å². The van der Waals surface area contributed by atoms with E-state index in [2.05, 4.69) is 4.72 Å². The molecule has 0 bridgehead atoms. The van der Waals surface area contributed by atoms with E-state index in [0.717, 1.165) is 22.6 Å². The number of piperidine rings is 1. The molecule has 3 aromatic rings. The number of nitrogens with zero attached hydrogens (tertiary/aromatic N) is 3. The third kappa shape index (κ3) is 3.52. The molecule has 3 heterocycles. The summed E-state index contributed by atoms with van der Waals surface area (Å²) in [5.41, 5.74) is 3.50. The quantitative estimate of drug-likeness (QED) is 0.641. The second-order valence-electron chi connectivity index (χ2n) is 8.64. The maximum absolute atomic E-state index is 13.2. The number of hydrogen-bond donors (Lipinski definition) is 1. The molecule has 1 aromatic heterocycles. The van der Waals surface area contributed by atoms with Crippen LogP contribution in [0.4, 0.5) is 0 Å². The Bertz CT molecular complexity index is 1350. The lowest BCUT2D eigenvalue weighted by Crippen LogP contribution is -2.49. The fraction of sp³-hybridized carbons (Fsp3) is 0.333. The van der Waals surface area contributed by atoms with Crippen LogP contribution in [0.1, 0.15) is 34.3 Å². The van der Waals surface area contributed by atoms with E-state index in [4.69, 9.17) is 9.84 Å². The molecule has 1 fully saturated rings. The van der Waals surface area contributed by atoms with Crippen molar-refractivity contribution < 1.29 is 17.9 Å². The van der Waals surface area contributed by atoms with Gasteiger partial charge in [0.2, 0.25) is 10.0 Å². The topological polar surface area (TPSA) is 93.5 Å². The normalized spacial score (nSPS) is 16.8. The molecule has 9 heteroatoms. The minimum Gasteiger partial charge on any atom is -0.482 e. The van der Waals surface area contributed by atoms with Crippen molar-refractivity contribution in [1.29, 1.82) is 0 Å². The Kier molecular flexibility index (Phi) is 5.06. The summed E-state index contributed by atoms with van der Waals surface area (Å²) in [7, 11) is -0.283. The number of aromatic nitrogens is 2. The summed E-state index contributed by atoms with van der Waals surface area (Å²) in [5.74, 6) is 0.712. The average molecular weight is 467 g/mol. The van der Waals surface area contributed by atoms with Gasteiger partial charge in [-0.05, 0) is 49.9 Å². The summed E-state index contributed by atoms with van der Waals surface area (Å²) in [6.45, 7) is 2.76. The molecule has 5 rings (SSSR count). The molecule has 1 N–H and O–H groups in total. The third-order valence-electron chi connectivity index (χ3n) is 6.61. The van der Waals surface area contributed by atoms with E-state index >= 15 is 0 Å². The molecule has 1 spiro atoms. The number of rotatable bonds is 3. The Balaban J connectivity index is 1.39. The van der Waals surface area contributed by atoms with Crippen LogP contribution in [0.15, 0.2) is 53.6 Å². The van der Waals surface area contributed by atoms with Gasteiger partial charge < -0.3 is 9.64 Å². The molecule has 8 nitrogen and oxygen atoms in total. The van der Waals surface area contributed by atoms with Crippen LogP contribution in [0.25, 0.3) is 11.3 Å². The first-order valence-corrected chi connectivity index (χ1v) is 12.4. The molecule has 2 aliphatic rings. The number of amides is 1. The highest BCUT2D eigenvalue weighted by Gasteiger charge is 2.45. The molecule has 0 radical (unpaired) electrons. The van der Waals surface area contributed by atoms with E-state index in [0.29, 0.717) is 37.1 Å². The van der Waals surface area contributed by atoms with Crippen LogP contribution < -0.4 is 9.46 Å². The van der Waals surface area contributed by atoms with Gasteiger partial charge in [-0.15, -0.1) is 0 Å². The number of benzene rings is 2. The smallest absolute Gasteiger partial charge is 0.253 e. The Morgan fingerprint density at radius 1 is 1.15 bits per heavy atom. The van der Waals surface area contributed by atoms with E-state index in [1.54, 1.807) is 19.1 Å². The van der Waals surface area contributed by atoms with Crippen LogP contribution in [0.3, 0.4) is 0 Å². The average Bonchev–Trinajstić information content (AvgIpc) is 3.22. The number of carbonyl (C=O) groups excluding carboxylic acids is 1. The van der Waals surface area contributed by atoms with Crippen LogP contribution >= 0.6 is 0 Å². The van der Waals surface area contributed by atoms with Crippen molar-refractivity contribution in [2.75, 3.05) is 20.1 Å². The van der Waals surface area contributed by atoms with E-state index in [1.165, 1.54) is 13.1 Å². The molecule has 1 saturated heterocycles. The fourth-order valence-electron chi connectivity index (χ4n) is 4.86. The lowest BCUT2D eigenvalue weighted by Gasteiger charge is -2.44. The van der Waals surface area contributed by atoms with Crippen molar-refractivity contribution in [1.82, 2.24) is 19.4 Å². The number of ether oxygens (including phenoxy) is 1. The maximum Gasteiger partial charge on any atom is 0.253 e. The Morgan fingerprint density at radius 3 is 2.58 bits per heavy atom. The van der Waals surface area contributed by atoms with Gasteiger partial charge in [-0.2, -0.15) is 5.10 Å². The largest absolute Gasteiger partial charge is 0.482 e. The number of fused-ring (bicyclic) bond motifs is 4. The van der Waals surface area contributed by atoms with Gasteiger partial charge in [0.05, 0.1) is 4.90 Å². The van der Waals surface area contributed by atoms with Crippen molar-refractivity contribution in [2.24, 2.45) is 7.05 Å². The molecular formula is C24H26N4O4S.